The Morgan fingerprint density at radius 3 is 2.60 bits per heavy atom. The summed E-state index contributed by atoms with van der Waals surface area (Å²) in [6, 6.07) is 6.88. The summed E-state index contributed by atoms with van der Waals surface area (Å²) in [7, 11) is 1.56. The molecule has 1 aliphatic heterocycles. The summed E-state index contributed by atoms with van der Waals surface area (Å²) in [5.41, 5.74) is 0.598. The van der Waals surface area contributed by atoms with E-state index < -0.39 is 12.1 Å². The number of ether oxygens (including phenoxy) is 2. The second-order valence-corrected chi connectivity index (χ2v) is 5.94. The van der Waals surface area contributed by atoms with Crippen molar-refractivity contribution in [3.05, 3.63) is 29.8 Å². The molecule has 1 heterocycles. The third kappa shape index (κ3) is 5.86. The fourth-order valence-electron chi connectivity index (χ4n) is 2.74. The maximum atomic E-state index is 12.2. The molecule has 1 atom stereocenters. The van der Waals surface area contributed by atoms with Crippen LogP contribution in [0.5, 0.6) is 5.75 Å². The Kier molecular flexibility index (Phi) is 6.94. The number of benzene rings is 1. The van der Waals surface area contributed by atoms with Gasteiger partial charge in [-0.2, -0.15) is 0 Å². The van der Waals surface area contributed by atoms with Crippen molar-refractivity contribution in [1.29, 1.82) is 0 Å². The van der Waals surface area contributed by atoms with E-state index in [2.05, 4.69) is 0 Å². The summed E-state index contributed by atoms with van der Waals surface area (Å²) < 4.78 is 10.4. The average molecular weight is 349 g/mol. The van der Waals surface area contributed by atoms with E-state index in [9.17, 15) is 14.4 Å². The maximum absolute atomic E-state index is 12.2. The van der Waals surface area contributed by atoms with Crippen LogP contribution in [0.1, 0.15) is 36.0 Å². The lowest BCUT2D eigenvalue weighted by Gasteiger charge is -2.32. The molecule has 1 saturated heterocycles. The van der Waals surface area contributed by atoms with Gasteiger partial charge < -0.3 is 19.5 Å². The van der Waals surface area contributed by atoms with Crippen LogP contribution in [0.2, 0.25) is 0 Å². The van der Waals surface area contributed by atoms with Gasteiger partial charge in [-0.15, -0.1) is 0 Å². The van der Waals surface area contributed by atoms with Gasteiger partial charge in [0.15, 0.2) is 5.78 Å². The van der Waals surface area contributed by atoms with Gasteiger partial charge in [0.2, 0.25) is 5.91 Å². The zero-order chi connectivity index (χ0) is 18.2. The molecule has 1 amide bonds. The molecule has 0 radical (unpaired) electrons. The first kappa shape index (κ1) is 18.9. The summed E-state index contributed by atoms with van der Waals surface area (Å²) in [4.78, 5) is 36.7. The number of carboxylic acid groups (broad SMARTS) is 1. The van der Waals surface area contributed by atoms with Gasteiger partial charge in [-0.1, -0.05) is 0 Å². The van der Waals surface area contributed by atoms with Crippen LogP contribution in [0, 0.1) is 0 Å². The second-order valence-electron chi connectivity index (χ2n) is 5.94. The molecule has 0 saturated carbocycles. The van der Waals surface area contributed by atoms with Crippen LogP contribution < -0.4 is 4.74 Å². The molecule has 1 aromatic rings. The smallest absolute Gasteiger partial charge is 0.306 e. The minimum absolute atomic E-state index is 0.0128. The number of amides is 1. The van der Waals surface area contributed by atoms with E-state index in [0.717, 1.165) is 0 Å². The predicted molar refractivity (Wildman–Crippen MR) is 89.7 cm³/mol. The second kappa shape index (κ2) is 9.17. The summed E-state index contributed by atoms with van der Waals surface area (Å²) in [5.74, 6) is -0.332. The predicted octanol–water partition coefficient (Wildman–Crippen LogP) is 1.75. The molecular formula is C18H23NO6. The molecule has 136 valence electrons. The van der Waals surface area contributed by atoms with Crippen LogP contribution in [0.15, 0.2) is 24.3 Å². The molecule has 25 heavy (non-hydrogen) atoms. The van der Waals surface area contributed by atoms with E-state index in [1.165, 1.54) is 0 Å². The van der Waals surface area contributed by atoms with Crippen LogP contribution >= 0.6 is 0 Å². The number of carbonyl (C=O) groups is 3. The number of rotatable bonds is 8. The Morgan fingerprint density at radius 1 is 1.24 bits per heavy atom. The highest BCUT2D eigenvalue weighted by Crippen LogP contribution is 2.15. The Hall–Kier alpha value is -2.41. The highest BCUT2D eigenvalue weighted by Gasteiger charge is 2.25. The first-order chi connectivity index (χ1) is 12.0. The quantitative estimate of drug-likeness (QED) is 0.719. The van der Waals surface area contributed by atoms with Crippen LogP contribution in [-0.4, -0.2) is 60.6 Å². The van der Waals surface area contributed by atoms with E-state index in [-0.39, 0.29) is 31.1 Å². The normalized spacial score (nSPS) is 17.2. The molecule has 0 aromatic heterocycles. The fourth-order valence-corrected chi connectivity index (χ4v) is 2.74. The largest absolute Gasteiger partial charge is 0.497 e. The zero-order valence-corrected chi connectivity index (χ0v) is 14.3. The van der Waals surface area contributed by atoms with E-state index in [1.54, 1.807) is 36.3 Å². The number of aliphatic carboxylic acids is 1. The van der Waals surface area contributed by atoms with Crippen molar-refractivity contribution in [2.45, 2.75) is 31.8 Å². The molecular weight excluding hydrogens is 326 g/mol. The van der Waals surface area contributed by atoms with E-state index in [1.807, 2.05) is 0 Å². The topological polar surface area (TPSA) is 93.1 Å². The van der Waals surface area contributed by atoms with E-state index in [0.29, 0.717) is 37.3 Å². The van der Waals surface area contributed by atoms with Gasteiger partial charge in [-0.25, -0.2) is 0 Å². The average Bonchev–Trinajstić information content (AvgIpc) is 2.61. The number of nitrogens with zero attached hydrogens (tertiary/aromatic N) is 1. The maximum Gasteiger partial charge on any atom is 0.306 e. The molecule has 1 fully saturated rings. The van der Waals surface area contributed by atoms with Crippen molar-refractivity contribution >= 4 is 17.7 Å². The van der Waals surface area contributed by atoms with Crippen molar-refractivity contribution in [2.75, 3.05) is 26.8 Å². The first-order valence-electron chi connectivity index (χ1n) is 8.28. The lowest BCUT2D eigenvalue weighted by atomic mass is 10.0. The lowest BCUT2D eigenvalue weighted by molar-refractivity contribution is -0.147. The highest BCUT2D eigenvalue weighted by molar-refractivity contribution is 5.96. The fraction of sp³-hybridized carbons (Fsp3) is 0.500. The van der Waals surface area contributed by atoms with Gasteiger partial charge in [-0.05, 0) is 30.7 Å². The van der Waals surface area contributed by atoms with Crippen LogP contribution in [-0.2, 0) is 14.3 Å². The standard InChI is InChI=1S/C18H23NO6/c1-24-14-7-5-13(6-8-14)16(20)3-2-4-17(21)19-9-10-25-15(12-19)11-18(22)23/h5-8,15H,2-4,9-12H2,1H3,(H,22,23). The monoisotopic (exact) mass is 349 g/mol. The minimum Gasteiger partial charge on any atom is -0.497 e. The Labute approximate surface area is 146 Å². The van der Waals surface area contributed by atoms with Gasteiger partial charge in [0.25, 0.3) is 0 Å². The van der Waals surface area contributed by atoms with Crippen molar-refractivity contribution in [2.24, 2.45) is 0 Å². The molecule has 2 rings (SSSR count). The van der Waals surface area contributed by atoms with Gasteiger partial charge in [0.05, 0.1) is 26.2 Å². The minimum atomic E-state index is -0.940. The van der Waals surface area contributed by atoms with Crippen molar-refractivity contribution in [3.63, 3.8) is 0 Å². The number of hydrogen-bond donors (Lipinski definition) is 1. The Morgan fingerprint density at radius 2 is 1.96 bits per heavy atom. The number of carboxylic acids is 1. The van der Waals surface area contributed by atoms with E-state index >= 15 is 0 Å². The molecule has 0 spiro atoms. The molecule has 7 nitrogen and oxygen atoms in total. The number of methoxy groups -OCH3 is 1. The van der Waals surface area contributed by atoms with Crippen LogP contribution in [0.25, 0.3) is 0 Å². The number of ketones is 1. The molecule has 0 bridgehead atoms. The SMILES string of the molecule is COc1ccc(C(=O)CCCC(=O)N2CCOC(CC(=O)O)C2)cc1. The molecule has 1 aromatic carbocycles. The van der Waals surface area contributed by atoms with E-state index in [4.69, 9.17) is 14.6 Å². The third-order valence-corrected chi connectivity index (χ3v) is 4.10. The first-order valence-corrected chi connectivity index (χ1v) is 8.28. The summed E-state index contributed by atoms with van der Waals surface area (Å²) in [6.07, 6.45) is 0.448. The van der Waals surface area contributed by atoms with Crippen molar-refractivity contribution < 1.29 is 29.0 Å². The van der Waals surface area contributed by atoms with Gasteiger partial charge in [0.1, 0.15) is 5.75 Å². The van der Waals surface area contributed by atoms with Gasteiger partial charge in [0, 0.05) is 31.5 Å². The number of morpholine rings is 1. The molecule has 1 N–H and O–H groups in total. The third-order valence-electron chi connectivity index (χ3n) is 4.10. The van der Waals surface area contributed by atoms with Crippen LogP contribution in [0.4, 0.5) is 0 Å². The summed E-state index contributed by atoms with van der Waals surface area (Å²) in [5, 5.41) is 8.81. The number of carbonyl (C=O) groups excluding carboxylic acids is 2. The Bertz CT molecular complexity index is 612. The van der Waals surface area contributed by atoms with Crippen molar-refractivity contribution in [3.8, 4) is 5.75 Å². The van der Waals surface area contributed by atoms with Gasteiger partial charge >= 0.3 is 5.97 Å². The number of hydrogen-bond acceptors (Lipinski definition) is 5. The van der Waals surface area contributed by atoms with Gasteiger partial charge in [-0.3, -0.25) is 14.4 Å². The number of Topliss-reactive ketones (excluding diaryl/α,β-unsaturated/α-hetero) is 1. The summed E-state index contributed by atoms with van der Waals surface area (Å²) in [6.45, 7) is 1.09. The summed E-state index contributed by atoms with van der Waals surface area (Å²) >= 11 is 0. The van der Waals surface area contributed by atoms with Crippen LogP contribution in [0.3, 0.4) is 0 Å². The van der Waals surface area contributed by atoms with Crippen molar-refractivity contribution in [1.82, 2.24) is 4.90 Å². The molecule has 0 aliphatic carbocycles. The zero-order valence-electron chi connectivity index (χ0n) is 14.3. The molecule has 1 unspecified atom stereocenters. The Balaban J connectivity index is 1.75. The molecule has 1 aliphatic rings. The lowest BCUT2D eigenvalue weighted by Crippen LogP contribution is -2.46. The molecule has 7 heteroatoms. The highest BCUT2D eigenvalue weighted by atomic mass is 16.5.